The molecule has 146 valence electrons. The first-order chi connectivity index (χ1) is 14.2. The quantitative estimate of drug-likeness (QED) is 0.461. The number of H-pyrrole nitrogens is 1. The summed E-state index contributed by atoms with van der Waals surface area (Å²) in [7, 11) is 0. The van der Waals surface area contributed by atoms with Crippen molar-refractivity contribution in [3.8, 4) is 11.3 Å². The molecule has 2 heterocycles. The molecule has 4 rings (SSSR count). The summed E-state index contributed by atoms with van der Waals surface area (Å²) in [5.41, 5.74) is 2.48. The molecule has 7 nitrogen and oxygen atoms in total. The molecule has 0 bridgehead atoms. The Bertz CT molecular complexity index is 1170. The van der Waals surface area contributed by atoms with Gasteiger partial charge in [-0.3, -0.25) is 19.0 Å². The molecular weight excluding hydrogens is 386 g/mol. The van der Waals surface area contributed by atoms with Crippen LogP contribution >= 0.6 is 11.8 Å². The van der Waals surface area contributed by atoms with E-state index in [1.807, 2.05) is 60.7 Å². The molecule has 0 saturated heterocycles. The average molecular weight is 405 g/mol. The van der Waals surface area contributed by atoms with Crippen LogP contribution in [0.2, 0.25) is 0 Å². The molecule has 0 atom stereocenters. The van der Waals surface area contributed by atoms with Gasteiger partial charge in [-0.15, -0.1) is 10.2 Å². The van der Waals surface area contributed by atoms with E-state index in [4.69, 9.17) is 0 Å². The van der Waals surface area contributed by atoms with E-state index in [2.05, 4.69) is 20.5 Å². The van der Waals surface area contributed by atoms with E-state index in [1.54, 1.807) is 4.40 Å². The molecule has 0 aliphatic heterocycles. The molecule has 0 spiro atoms. The zero-order chi connectivity index (χ0) is 20.1. The van der Waals surface area contributed by atoms with Crippen molar-refractivity contribution in [3.63, 3.8) is 0 Å². The Balaban J connectivity index is 1.46. The van der Waals surface area contributed by atoms with Crippen LogP contribution in [0.25, 0.3) is 17.0 Å². The monoisotopic (exact) mass is 405 g/mol. The van der Waals surface area contributed by atoms with E-state index in [-0.39, 0.29) is 17.2 Å². The summed E-state index contributed by atoms with van der Waals surface area (Å²) in [6.07, 6.45) is 0.782. The maximum absolute atomic E-state index is 12.2. The van der Waals surface area contributed by atoms with Crippen LogP contribution in [0.3, 0.4) is 0 Å². The van der Waals surface area contributed by atoms with Crippen molar-refractivity contribution in [3.05, 3.63) is 82.6 Å². The molecule has 2 aromatic carbocycles. The first-order valence-electron chi connectivity index (χ1n) is 9.18. The van der Waals surface area contributed by atoms with Gasteiger partial charge in [0.25, 0.3) is 5.56 Å². The van der Waals surface area contributed by atoms with Crippen molar-refractivity contribution < 1.29 is 4.79 Å². The summed E-state index contributed by atoms with van der Waals surface area (Å²) in [5, 5.41) is 11.7. The number of aromatic amines is 1. The Morgan fingerprint density at radius 1 is 1.03 bits per heavy atom. The minimum Gasteiger partial charge on any atom is -0.355 e. The van der Waals surface area contributed by atoms with Crippen molar-refractivity contribution in [1.82, 2.24) is 24.9 Å². The van der Waals surface area contributed by atoms with Gasteiger partial charge in [0.2, 0.25) is 11.7 Å². The van der Waals surface area contributed by atoms with Crippen LogP contribution in [0, 0.1) is 0 Å². The lowest BCUT2D eigenvalue weighted by molar-refractivity contribution is -0.118. The van der Waals surface area contributed by atoms with E-state index in [9.17, 15) is 9.59 Å². The number of thioether (sulfide) groups is 1. The van der Waals surface area contributed by atoms with E-state index >= 15 is 0 Å². The second kappa shape index (κ2) is 8.74. The van der Waals surface area contributed by atoms with Crippen LogP contribution < -0.4 is 10.9 Å². The smallest absolute Gasteiger partial charge is 0.252 e. The number of aromatic nitrogens is 4. The summed E-state index contributed by atoms with van der Waals surface area (Å²) in [6.45, 7) is 0.576. The number of rotatable bonds is 7. The van der Waals surface area contributed by atoms with Gasteiger partial charge >= 0.3 is 0 Å². The highest BCUT2D eigenvalue weighted by atomic mass is 32.2. The molecule has 8 heteroatoms. The largest absolute Gasteiger partial charge is 0.355 e. The van der Waals surface area contributed by atoms with Crippen molar-refractivity contribution in [2.75, 3.05) is 12.3 Å². The first kappa shape index (κ1) is 18.9. The van der Waals surface area contributed by atoms with Crippen LogP contribution in [-0.2, 0) is 11.2 Å². The molecule has 0 fully saturated rings. The lowest BCUT2D eigenvalue weighted by atomic mass is 10.1. The number of carbonyl (C=O) groups is 1. The lowest BCUT2D eigenvalue weighted by Crippen LogP contribution is -2.27. The van der Waals surface area contributed by atoms with E-state index < -0.39 is 0 Å². The number of nitrogens with one attached hydrogen (secondary N) is 2. The Morgan fingerprint density at radius 3 is 2.52 bits per heavy atom. The second-order valence-electron chi connectivity index (χ2n) is 6.40. The molecule has 29 heavy (non-hydrogen) atoms. The van der Waals surface area contributed by atoms with Gasteiger partial charge in [-0.25, -0.2) is 0 Å². The van der Waals surface area contributed by atoms with Crippen molar-refractivity contribution in [2.45, 2.75) is 11.6 Å². The standard InChI is InChI=1S/C21H19N5O2S/c27-18-13-17(16-9-5-2-6-10-16)26-20(23-18)24-25-21(26)29-14-19(28)22-12-11-15-7-3-1-4-8-15/h1-10,13H,11-12,14H2,(H,22,28)(H,23,24,27). The first-order valence-corrected chi connectivity index (χ1v) is 10.2. The predicted octanol–water partition coefficient (Wildman–Crippen LogP) is 2.54. The molecule has 2 aromatic heterocycles. The molecule has 0 unspecified atom stereocenters. The van der Waals surface area contributed by atoms with Gasteiger partial charge in [0, 0.05) is 12.6 Å². The number of nitrogens with zero attached hydrogens (tertiary/aromatic N) is 3. The van der Waals surface area contributed by atoms with Crippen LogP contribution in [0.4, 0.5) is 0 Å². The molecule has 0 saturated carbocycles. The van der Waals surface area contributed by atoms with E-state index in [0.29, 0.717) is 23.2 Å². The van der Waals surface area contributed by atoms with Gasteiger partial charge in [-0.05, 0) is 17.5 Å². The third-order valence-corrected chi connectivity index (χ3v) is 5.29. The Kier molecular flexibility index (Phi) is 5.71. The van der Waals surface area contributed by atoms with Gasteiger partial charge in [0.05, 0.1) is 11.4 Å². The number of benzene rings is 2. The Labute approximate surface area is 171 Å². The van der Waals surface area contributed by atoms with Crippen LogP contribution in [-0.4, -0.2) is 37.8 Å². The lowest BCUT2D eigenvalue weighted by Gasteiger charge is -2.08. The van der Waals surface area contributed by atoms with E-state index in [1.165, 1.54) is 23.4 Å². The SMILES string of the molecule is O=C(CSc1nnc2[nH]c(=O)cc(-c3ccccc3)n12)NCCc1ccccc1. The van der Waals surface area contributed by atoms with Gasteiger partial charge in [0.1, 0.15) is 0 Å². The van der Waals surface area contributed by atoms with Gasteiger partial charge in [0.15, 0.2) is 5.16 Å². The number of hydrogen-bond donors (Lipinski definition) is 2. The van der Waals surface area contributed by atoms with Crippen molar-refractivity contribution >= 4 is 23.4 Å². The molecule has 0 aliphatic rings. The highest BCUT2D eigenvalue weighted by Crippen LogP contribution is 2.23. The predicted molar refractivity (Wildman–Crippen MR) is 113 cm³/mol. The van der Waals surface area contributed by atoms with Gasteiger partial charge < -0.3 is 5.32 Å². The van der Waals surface area contributed by atoms with Crippen LogP contribution in [0.15, 0.2) is 76.7 Å². The third kappa shape index (κ3) is 4.55. The second-order valence-corrected chi connectivity index (χ2v) is 7.34. The molecular formula is C21H19N5O2S. The molecule has 4 aromatic rings. The number of carbonyl (C=O) groups excluding carboxylic acids is 1. The summed E-state index contributed by atoms with van der Waals surface area (Å²) in [4.78, 5) is 26.9. The summed E-state index contributed by atoms with van der Waals surface area (Å²) >= 11 is 1.28. The van der Waals surface area contributed by atoms with Crippen LogP contribution in [0.1, 0.15) is 5.56 Å². The summed E-state index contributed by atoms with van der Waals surface area (Å²) in [5.74, 6) is 0.486. The van der Waals surface area contributed by atoms with Gasteiger partial charge in [-0.2, -0.15) is 0 Å². The fourth-order valence-electron chi connectivity index (χ4n) is 2.99. The molecule has 0 radical (unpaired) electrons. The zero-order valence-electron chi connectivity index (χ0n) is 15.5. The van der Waals surface area contributed by atoms with Crippen LogP contribution in [0.5, 0.6) is 0 Å². The summed E-state index contributed by atoms with van der Waals surface area (Å²) < 4.78 is 1.76. The molecule has 0 aliphatic carbocycles. The summed E-state index contributed by atoms with van der Waals surface area (Å²) in [6, 6.07) is 21.1. The van der Waals surface area contributed by atoms with E-state index in [0.717, 1.165) is 12.0 Å². The Morgan fingerprint density at radius 2 is 1.76 bits per heavy atom. The molecule has 1 amide bonds. The van der Waals surface area contributed by atoms with Crippen molar-refractivity contribution in [2.24, 2.45) is 0 Å². The normalized spacial score (nSPS) is 10.9. The maximum Gasteiger partial charge on any atom is 0.252 e. The molecule has 2 N–H and O–H groups in total. The number of hydrogen-bond acceptors (Lipinski definition) is 5. The number of fused-ring (bicyclic) bond motifs is 1. The number of amides is 1. The third-order valence-electron chi connectivity index (χ3n) is 4.36. The maximum atomic E-state index is 12.2. The highest BCUT2D eigenvalue weighted by Gasteiger charge is 2.14. The Hall–Kier alpha value is -3.39. The fourth-order valence-corrected chi connectivity index (χ4v) is 3.76. The minimum absolute atomic E-state index is 0.0756. The highest BCUT2D eigenvalue weighted by molar-refractivity contribution is 7.99. The van der Waals surface area contributed by atoms with Gasteiger partial charge in [-0.1, -0.05) is 72.4 Å². The van der Waals surface area contributed by atoms with Crippen molar-refractivity contribution in [1.29, 1.82) is 0 Å². The minimum atomic E-state index is -0.251. The fraction of sp³-hybridized carbons (Fsp3) is 0.143. The zero-order valence-corrected chi connectivity index (χ0v) is 16.4. The average Bonchev–Trinajstić information content (AvgIpc) is 3.16. The topological polar surface area (TPSA) is 92.2 Å².